The quantitative estimate of drug-likeness (QED) is 0.458. The molecule has 0 aromatic heterocycles. The number of carbonyl (C=O) groups is 2. The van der Waals surface area contributed by atoms with E-state index in [0.29, 0.717) is 33.5 Å². The van der Waals surface area contributed by atoms with Crippen LogP contribution in [0.4, 0.5) is 11.4 Å². The molecule has 9 heteroatoms. The Morgan fingerprint density at radius 3 is 2.26 bits per heavy atom. The predicted octanol–water partition coefficient (Wildman–Crippen LogP) is 5.06. The van der Waals surface area contributed by atoms with E-state index in [0.717, 1.165) is 4.90 Å². The number of amides is 2. The Kier molecular flexibility index (Phi) is 5.85. The molecule has 5 rings (SSSR count). The van der Waals surface area contributed by atoms with E-state index in [1.165, 1.54) is 6.07 Å². The standard InChI is InChI=1S/C25H20Cl2N2O5/c1-32-16-9-11-20(33-2)17(13-16)22-21-23(34-29(22)14-6-4-3-5-7-14)25(31)28(24(21)30)15-8-10-18(26)19(27)12-15/h3-13,21-23H,1-2H3/t21-,22+,23-/m1/s1. The first-order chi connectivity index (χ1) is 16.4. The van der Waals surface area contributed by atoms with E-state index in [1.807, 2.05) is 30.3 Å². The van der Waals surface area contributed by atoms with Crippen molar-refractivity contribution in [3.05, 3.63) is 82.3 Å². The van der Waals surface area contributed by atoms with Gasteiger partial charge in [-0.25, -0.2) is 9.96 Å². The molecule has 2 aliphatic rings. The Balaban J connectivity index is 1.64. The SMILES string of the molecule is COc1ccc(OC)c([C@H]2[C@H]3C(=O)N(c4ccc(Cl)c(Cl)c4)C(=O)[C@@H]3ON2c2ccccc2)c1. The summed E-state index contributed by atoms with van der Waals surface area (Å²) in [5.74, 6) is -0.571. The molecule has 7 nitrogen and oxygen atoms in total. The second-order valence-corrected chi connectivity index (χ2v) is 8.69. The number of benzene rings is 3. The highest BCUT2D eigenvalue weighted by Gasteiger charge is 2.60. The number of nitrogens with zero attached hydrogens (tertiary/aromatic N) is 2. The Bertz CT molecular complexity index is 1270. The van der Waals surface area contributed by atoms with Crippen molar-refractivity contribution in [2.45, 2.75) is 12.1 Å². The average molecular weight is 499 g/mol. The van der Waals surface area contributed by atoms with Gasteiger partial charge in [0, 0.05) is 5.56 Å². The number of halogens is 2. The number of hydrogen-bond acceptors (Lipinski definition) is 6. The zero-order valence-electron chi connectivity index (χ0n) is 18.3. The first-order valence-corrected chi connectivity index (χ1v) is 11.3. The van der Waals surface area contributed by atoms with Gasteiger partial charge in [-0.05, 0) is 48.5 Å². The highest BCUT2D eigenvalue weighted by Crippen LogP contribution is 2.50. The molecule has 3 aromatic rings. The summed E-state index contributed by atoms with van der Waals surface area (Å²) in [6.45, 7) is 0. The molecular formula is C25H20Cl2N2O5. The van der Waals surface area contributed by atoms with Crippen LogP contribution in [-0.2, 0) is 14.4 Å². The number of para-hydroxylation sites is 1. The van der Waals surface area contributed by atoms with E-state index < -0.39 is 29.9 Å². The maximum absolute atomic E-state index is 13.8. The molecule has 3 aromatic carbocycles. The third-order valence-electron chi connectivity index (χ3n) is 6.04. The third-order valence-corrected chi connectivity index (χ3v) is 6.78. The minimum atomic E-state index is -1.02. The molecule has 0 radical (unpaired) electrons. The molecule has 2 aliphatic heterocycles. The molecule has 0 unspecified atom stereocenters. The Morgan fingerprint density at radius 1 is 0.824 bits per heavy atom. The molecule has 0 saturated carbocycles. The average Bonchev–Trinajstić information content (AvgIpc) is 3.37. The Morgan fingerprint density at radius 2 is 1.59 bits per heavy atom. The van der Waals surface area contributed by atoms with E-state index in [1.54, 1.807) is 49.6 Å². The largest absolute Gasteiger partial charge is 0.497 e. The zero-order valence-corrected chi connectivity index (χ0v) is 19.8. The Hall–Kier alpha value is -3.26. The van der Waals surface area contributed by atoms with Gasteiger partial charge in [0.2, 0.25) is 5.91 Å². The second-order valence-electron chi connectivity index (χ2n) is 7.88. The number of ether oxygens (including phenoxy) is 2. The van der Waals surface area contributed by atoms with Gasteiger partial charge in [-0.15, -0.1) is 0 Å². The van der Waals surface area contributed by atoms with Crippen LogP contribution in [0.1, 0.15) is 11.6 Å². The van der Waals surface area contributed by atoms with Gasteiger partial charge in [0.25, 0.3) is 5.91 Å². The van der Waals surface area contributed by atoms with Crippen LogP contribution < -0.4 is 19.4 Å². The second kappa shape index (κ2) is 8.83. The molecule has 0 bridgehead atoms. The first-order valence-electron chi connectivity index (χ1n) is 10.5. The highest BCUT2D eigenvalue weighted by atomic mass is 35.5. The number of carbonyl (C=O) groups excluding carboxylic acids is 2. The van der Waals surface area contributed by atoms with Gasteiger partial charge in [-0.1, -0.05) is 41.4 Å². The van der Waals surface area contributed by atoms with Crippen LogP contribution in [0.25, 0.3) is 0 Å². The smallest absolute Gasteiger partial charge is 0.266 e. The van der Waals surface area contributed by atoms with Gasteiger partial charge in [0.15, 0.2) is 6.10 Å². The fourth-order valence-electron chi connectivity index (χ4n) is 4.48. The van der Waals surface area contributed by atoms with Gasteiger partial charge in [0.1, 0.15) is 23.5 Å². The summed E-state index contributed by atoms with van der Waals surface area (Å²) in [5, 5.41) is 2.18. The van der Waals surface area contributed by atoms with Crippen molar-refractivity contribution >= 4 is 46.4 Å². The van der Waals surface area contributed by atoms with Crippen LogP contribution in [0.3, 0.4) is 0 Å². The van der Waals surface area contributed by atoms with Crippen LogP contribution in [-0.4, -0.2) is 32.1 Å². The molecule has 2 fully saturated rings. The minimum absolute atomic E-state index is 0.245. The normalized spacial score (nSPS) is 21.7. The van der Waals surface area contributed by atoms with E-state index in [-0.39, 0.29) is 5.02 Å². The summed E-state index contributed by atoms with van der Waals surface area (Å²) in [6, 6.07) is 18.6. The topological polar surface area (TPSA) is 68.3 Å². The van der Waals surface area contributed by atoms with Crippen LogP contribution in [0, 0.1) is 5.92 Å². The number of fused-ring (bicyclic) bond motifs is 1. The highest BCUT2D eigenvalue weighted by molar-refractivity contribution is 6.42. The van der Waals surface area contributed by atoms with Crippen molar-refractivity contribution in [2.75, 3.05) is 24.2 Å². The lowest BCUT2D eigenvalue weighted by atomic mass is 9.89. The van der Waals surface area contributed by atoms with Gasteiger partial charge in [-0.3, -0.25) is 14.4 Å². The maximum atomic E-state index is 13.8. The van der Waals surface area contributed by atoms with Crippen LogP contribution in [0.5, 0.6) is 11.5 Å². The summed E-state index contributed by atoms with van der Waals surface area (Å²) in [4.78, 5) is 34.5. The molecule has 34 heavy (non-hydrogen) atoms. The van der Waals surface area contributed by atoms with E-state index in [2.05, 4.69) is 0 Å². The number of hydroxylamine groups is 1. The van der Waals surface area contributed by atoms with Gasteiger partial charge in [0.05, 0.1) is 35.6 Å². The molecule has 174 valence electrons. The summed E-state index contributed by atoms with van der Waals surface area (Å²) < 4.78 is 11.0. The summed E-state index contributed by atoms with van der Waals surface area (Å²) in [5.41, 5.74) is 1.70. The summed E-state index contributed by atoms with van der Waals surface area (Å²) >= 11 is 12.2. The minimum Gasteiger partial charge on any atom is -0.497 e. The van der Waals surface area contributed by atoms with E-state index in [4.69, 9.17) is 37.5 Å². The number of rotatable bonds is 5. The molecule has 3 atom stereocenters. The van der Waals surface area contributed by atoms with Crippen LogP contribution in [0.2, 0.25) is 10.0 Å². The lowest BCUT2D eigenvalue weighted by Gasteiger charge is -2.29. The lowest BCUT2D eigenvalue weighted by Crippen LogP contribution is -2.37. The van der Waals surface area contributed by atoms with E-state index in [9.17, 15) is 9.59 Å². The van der Waals surface area contributed by atoms with Crippen LogP contribution >= 0.6 is 23.2 Å². The lowest BCUT2D eigenvalue weighted by molar-refractivity contribution is -0.126. The number of hydrogen-bond donors (Lipinski definition) is 0. The van der Waals surface area contributed by atoms with Crippen LogP contribution in [0.15, 0.2) is 66.7 Å². The first kappa shape index (κ1) is 22.5. The summed E-state index contributed by atoms with van der Waals surface area (Å²) in [7, 11) is 3.11. The van der Waals surface area contributed by atoms with Crippen molar-refractivity contribution in [3.8, 4) is 11.5 Å². The third kappa shape index (κ3) is 3.57. The molecule has 2 saturated heterocycles. The maximum Gasteiger partial charge on any atom is 0.266 e. The number of imide groups is 1. The molecule has 2 heterocycles. The molecule has 0 aliphatic carbocycles. The molecule has 0 spiro atoms. The van der Waals surface area contributed by atoms with Gasteiger partial charge < -0.3 is 9.47 Å². The van der Waals surface area contributed by atoms with Crippen molar-refractivity contribution in [3.63, 3.8) is 0 Å². The van der Waals surface area contributed by atoms with Gasteiger partial charge >= 0.3 is 0 Å². The molecule has 0 N–H and O–H groups in total. The molecule has 2 amide bonds. The fraction of sp³-hybridized carbons (Fsp3) is 0.200. The number of methoxy groups -OCH3 is 2. The van der Waals surface area contributed by atoms with Crippen molar-refractivity contribution in [1.82, 2.24) is 0 Å². The number of anilines is 2. The predicted molar refractivity (Wildman–Crippen MR) is 129 cm³/mol. The summed E-state index contributed by atoms with van der Waals surface area (Å²) in [6.07, 6.45) is -1.02. The van der Waals surface area contributed by atoms with Crippen molar-refractivity contribution in [2.24, 2.45) is 5.92 Å². The van der Waals surface area contributed by atoms with E-state index >= 15 is 0 Å². The molecular weight excluding hydrogens is 479 g/mol. The van der Waals surface area contributed by atoms with Gasteiger partial charge in [-0.2, -0.15) is 0 Å². The Labute approximate surface area is 206 Å². The zero-order chi connectivity index (χ0) is 24.0. The van der Waals surface area contributed by atoms with Crippen molar-refractivity contribution < 1.29 is 23.9 Å². The van der Waals surface area contributed by atoms with Crippen molar-refractivity contribution in [1.29, 1.82) is 0 Å². The fourth-order valence-corrected chi connectivity index (χ4v) is 4.77. The monoisotopic (exact) mass is 498 g/mol.